The molecule has 0 amide bonds. The fourth-order valence-corrected chi connectivity index (χ4v) is 1.85. The van der Waals surface area contributed by atoms with E-state index in [0.717, 1.165) is 12.7 Å². The van der Waals surface area contributed by atoms with E-state index >= 15 is 0 Å². The van der Waals surface area contributed by atoms with Gasteiger partial charge in [0.2, 0.25) is 7.37 Å². The molecule has 0 aromatic heterocycles. The van der Waals surface area contributed by atoms with Gasteiger partial charge < -0.3 is 14.4 Å². The molecular formula is C10H18FO4P. The molecule has 16 heavy (non-hydrogen) atoms. The van der Waals surface area contributed by atoms with Crippen molar-refractivity contribution in [2.24, 2.45) is 0 Å². The van der Waals surface area contributed by atoms with E-state index in [-0.39, 0.29) is 12.7 Å². The smallest absolute Gasteiger partial charge is 0.219 e. The molecule has 1 N–H and O–H groups in total. The summed E-state index contributed by atoms with van der Waals surface area (Å²) >= 11 is 0. The molecule has 6 heteroatoms. The van der Waals surface area contributed by atoms with Crippen LogP contribution in [0.4, 0.5) is 4.39 Å². The Morgan fingerprint density at radius 1 is 1.75 bits per heavy atom. The molecule has 1 saturated heterocycles. The first kappa shape index (κ1) is 12.2. The van der Waals surface area contributed by atoms with E-state index in [4.69, 9.17) is 10.8 Å². The maximum absolute atomic E-state index is 13.5. The van der Waals surface area contributed by atoms with Gasteiger partial charge in [-0.2, -0.15) is 0 Å². The molecule has 1 aliphatic rings. The third-order valence-electron chi connectivity index (χ3n) is 2.04. The van der Waals surface area contributed by atoms with Crippen LogP contribution in [0.25, 0.3) is 0 Å². The van der Waals surface area contributed by atoms with Gasteiger partial charge in [0.25, 0.3) is 0 Å². The summed E-state index contributed by atoms with van der Waals surface area (Å²) in [7, 11) is -3.62. The van der Waals surface area contributed by atoms with E-state index in [0.29, 0.717) is 0 Å². The molecule has 0 aromatic carbocycles. The summed E-state index contributed by atoms with van der Waals surface area (Å²) in [5.74, 6) is -0.436. The molecular weight excluding hydrogens is 234 g/mol. The lowest BCUT2D eigenvalue weighted by Crippen LogP contribution is -2.32. The normalized spacial score (nSPS) is 36.2. The van der Waals surface area contributed by atoms with Crippen molar-refractivity contribution in [3.05, 3.63) is 11.9 Å². The maximum atomic E-state index is 13.5. The van der Waals surface area contributed by atoms with Crippen molar-refractivity contribution in [2.45, 2.75) is 38.3 Å². The van der Waals surface area contributed by atoms with Crippen LogP contribution in [-0.2, 0) is 14.0 Å². The molecule has 1 heterocycles. The number of ether oxygens (including phenoxy) is 2. The second-order valence-corrected chi connectivity index (χ2v) is 6.15. The zero-order chi connectivity index (χ0) is 13.2. The fourth-order valence-electron chi connectivity index (χ4n) is 1.43. The average Bonchev–Trinajstić information content (AvgIpc) is 2.47. The highest BCUT2D eigenvalue weighted by Gasteiger charge is 2.37. The molecule has 0 bridgehead atoms. The van der Waals surface area contributed by atoms with Crippen LogP contribution < -0.4 is 0 Å². The largest absolute Gasteiger partial charge is 0.369 e. The Kier molecular flexibility index (Phi) is 4.14. The van der Waals surface area contributed by atoms with Crippen molar-refractivity contribution in [1.82, 2.24) is 0 Å². The van der Waals surface area contributed by atoms with Gasteiger partial charge in [-0.3, -0.25) is 4.57 Å². The van der Waals surface area contributed by atoms with Crippen molar-refractivity contribution in [1.29, 1.82) is 0 Å². The number of hydrogen-bond donors (Lipinski definition) is 1. The van der Waals surface area contributed by atoms with Gasteiger partial charge in [-0.1, -0.05) is 0 Å². The first-order valence-corrected chi connectivity index (χ1v) is 7.23. The fraction of sp³-hybridized carbons (Fsp3) is 0.800. The van der Waals surface area contributed by atoms with E-state index < -0.39 is 31.5 Å². The summed E-state index contributed by atoms with van der Waals surface area (Å²) in [5, 5.41) is 0. The molecule has 1 aliphatic heterocycles. The Morgan fingerprint density at radius 3 is 2.88 bits per heavy atom. The van der Waals surface area contributed by atoms with Crippen LogP contribution in [0.2, 0.25) is 0 Å². The lowest BCUT2D eigenvalue weighted by Gasteiger charge is -2.20. The highest BCUT2D eigenvalue weighted by molar-refractivity contribution is 7.60. The molecule has 1 fully saturated rings. The van der Waals surface area contributed by atoms with Crippen molar-refractivity contribution in [3.8, 4) is 0 Å². The van der Waals surface area contributed by atoms with Gasteiger partial charge in [0, 0.05) is 6.66 Å². The lowest BCUT2D eigenvalue weighted by molar-refractivity contribution is -0.0385. The molecule has 0 radical (unpaired) electrons. The zero-order valence-corrected chi connectivity index (χ0v) is 10.5. The minimum atomic E-state index is -3.62. The van der Waals surface area contributed by atoms with Crippen LogP contribution in [0.3, 0.4) is 0 Å². The van der Waals surface area contributed by atoms with Crippen LogP contribution in [-0.4, -0.2) is 42.6 Å². The predicted octanol–water partition coefficient (Wildman–Crippen LogP) is 1.93. The standard InChI is InChI=1S/C10H18FO4P/c1-7(2)15-10-8(11)6-14-9(10)4-5-16(3,12)13/h4-5,7-10H,6H2,1-3H3,(H,12,13)/b5-4+/t8-,9+,10-/m0/s1/i5D. The zero-order valence-electron chi connectivity index (χ0n) is 10.6. The van der Waals surface area contributed by atoms with E-state index in [1.54, 1.807) is 13.8 Å². The number of halogens is 1. The summed E-state index contributed by atoms with van der Waals surface area (Å²) in [5.41, 5.74) is 0. The minimum absolute atomic E-state index is 0.120. The van der Waals surface area contributed by atoms with Gasteiger partial charge >= 0.3 is 0 Å². The summed E-state index contributed by atoms with van der Waals surface area (Å²) in [6, 6.07) is 0. The molecule has 1 unspecified atom stereocenters. The van der Waals surface area contributed by atoms with E-state index in [9.17, 15) is 13.8 Å². The van der Waals surface area contributed by atoms with Crippen molar-refractivity contribution < 1.29 is 24.7 Å². The van der Waals surface area contributed by atoms with Crippen LogP contribution in [0, 0.1) is 0 Å². The number of alkyl halides is 1. The van der Waals surface area contributed by atoms with Crippen molar-refractivity contribution in [2.75, 3.05) is 13.3 Å². The molecule has 0 aliphatic carbocycles. The van der Waals surface area contributed by atoms with Gasteiger partial charge in [-0.05, 0) is 25.7 Å². The predicted molar refractivity (Wildman–Crippen MR) is 59.5 cm³/mol. The average molecular weight is 253 g/mol. The van der Waals surface area contributed by atoms with Gasteiger partial charge in [0.05, 0.1) is 14.1 Å². The van der Waals surface area contributed by atoms with Gasteiger partial charge in [-0.15, -0.1) is 0 Å². The summed E-state index contributed by atoms with van der Waals surface area (Å²) in [6.45, 7) is 4.48. The molecule has 4 atom stereocenters. The van der Waals surface area contributed by atoms with E-state index in [2.05, 4.69) is 0 Å². The van der Waals surface area contributed by atoms with Crippen molar-refractivity contribution >= 4 is 7.37 Å². The highest BCUT2D eigenvalue weighted by atomic mass is 31.2. The second kappa shape index (κ2) is 5.41. The van der Waals surface area contributed by atoms with Crippen LogP contribution in [0.5, 0.6) is 0 Å². The quantitative estimate of drug-likeness (QED) is 0.778. The molecule has 0 saturated carbocycles. The molecule has 0 aromatic rings. The molecule has 4 nitrogen and oxygen atoms in total. The SMILES string of the molecule is [2H]/C(=C\[C@H]1OC[C@H](F)[C@@H]1OC(C)C)P(C)(=O)O. The Balaban J connectivity index is 2.80. The number of rotatable bonds is 4. The van der Waals surface area contributed by atoms with Crippen molar-refractivity contribution in [3.63, 3.8) is 0 Å². The summed E-state index contributed by atoms with van der Waals surface area (Å²) in [4.78, 5) is 9.19. The summed E-state index contributed by atoms with van der Waals surface area (Å²) in [6.07, 6.45) is -1.89. The first-order chi connectivity index (χ1) is 7.71. The lowest BCUT2D eigenvalue weighted by atomic mass is 10.1. The van der Waals surface area contributed by atoms with Crippen LogP contribution in [0.15, 0.2) is 11.9 Å². The minimum Gasteiger partial charge on any atom is -0.369 e. The molecule has 1 rings (SSSR count). The first-order valence-electron chi connectivity index (χ1n) is 5.62. The van der Waals surface area contributed by atoms with Gasteiger partial charge in [-0.25, -0.2) is 4.39 Å². The Morgan fingerprint density at radius 2 is 2.38 bits per heavy atom. The third kappa shape index (κ3) is 4.34. The molecule has 94 valence electrons. The maximum Gasteiger partial charge on any atom is 0.219 e. The highest BCUT2D eigenvalue weighted by Crippen LogP contribution is 2.37. The molecule has 0 spiro atoms. The Bertz CT molecular complexity index is 341. The van der Waals surface area contributed by atoms with E-state index in [1.807, 2.05) is 0 Å². The van der Waals surface area contributed by atoms with E-state index in [1.165, 1.54) is 0 Å². The third-order valence-corrected chi connectivity index (χ3v) is 2.66. The second-order valence-electron chi connectivity index (χ2n) is 4.14. The van der Waals surface area contributed by atoms with Gasteiger partial charge in [0.1, 0.15) is 12.2 Å². The Labute approximate surface area is 96.3 Å². The Hall–Kier alpha value is -0.220. The van der Waals surface area contributed by atoms with Crippen LogP contribution >= 0.6 is 7.37 Å². The topological polar surface area (TPSA) is 55.8 Å². The number of hydrogen-bond acceptors (Lipinski definition) is 3. The van der Waals surface area contributed by atoms with Crippen LogP contribution in [0.1, 0.15) is 15.2 Å². The summed E-state index contributed by atoms with van der Waals surface area (Å²) < 4.78 is 42.6. The monoisotopic (exact) mass is 253 g/mol. The van der Waals surface area contributed by atoms with Gasteiger partial charge in [0.15, 0.2) is 6.17 Å².